The fourth-order valence-electron chi connectivity index (χ4n) is 2.19. The second-order valence-electron chi connectivity index (χ2n) is 4.75. The highest BCUT2D eigenvalue weighted by molar-refractivity contribution is 7.89. The molecule has 1 atom stereocenters. The Hall–Kier alpha value is -0.630. The van der Waals surface area contributed by atoms with Gasteiger partial charge in [-0.2, -0.15) is 5.10 Å². The zero-order valence-corrected chi connectivity index (χ0v) is 12.6. The number of nitrogens with one attached hydrogen (secondary N) is 2. The molecule has 19 heavy (non-hydrogen) atoms. The van der Waals surface area contributed by atoms with E-state index in [4.69, 9.17) is 0 Å². The second kappa shape index (κ2) is 7.23. The smallest absolute Gasteiger partial charge is 0.243 e. The maximum atomic E-state index is 11.9. The SMILES string of the molecule is Cl.Cn1cc(S(=O)(=O)NCCC2CCCNC2)cn1. The lowest BCUT2D eigenvalue weighted by Crippen LogP contribution is -2.33. The lowest BCUT2D eigenvalue weighted by molar-refractivity contribution is 0.358. The zero-order valence-electron chi connectivity index (χ0n) is 11.0. The van der Waals surface area contributed by atoms with Crippen LogP contribution in [0.3, 0.4) is 0 Å². The van der Waals surface area contributed by atoms with E-state index in [2.05, 4.69) is 15.1 Å². The van der Waals surface area contributed by atoms with Crippen LogP contribution in [-0.4, -0.2) is 37.8 Å². The minimum atomic E-state index is -3.39. The van der Waals surface area contributed by atoms with Crippen LogP contribution >= 0.6 is 12.4 Å². The van der Waals surface area contributed by atoms with Gasteiger partial charge in [0, 0.05) is 19.8 Å². The second-order valence-corrected chi connectivity index (χ2v) is 6.52. The molecule has 8 heteroatoms. The predicted octanol–water partition coefficient (Wildman–Crippen LogP) is 0.510. The molecular formula is C11H21ClN4O2S. The largest absolute Gasteiger partial charge is 0.316 e. The first-order valence-electron chi connectivity index (χ1n) is 6.27. The van der Waals surface area contributed by atoms with E-state index in [1.807, 2.05) is 0 Å². The van der Waals surface area contributed by atoms with Crippen molar-refractivity contribution in [2.75, 3.05) is 19.6 Å². The van der Waals surface area contributed by atoms with Gasteiger partial charge in [-0.3, -0.25) is 4.68 Å². The number of rotatable bonds is 5. The van der Waals surface area contributed by atoms with Gasteiger partial charge < -0.3 is 5.32 Å². The van der Waals surface area contributed by atoms with E-state index in [0.29, 0.717) is 12.5 Å². The van der Waals surface area contributed by atoms with Crippen molar-refractivity contribution < 1.29 is 8.42 Å². The minimum Gasteiger partial charge on any atom is -0.316 e. The average molecular weight is 309 g/mol. The molecule has 1 aliphatic rings. The summed E-state index contributed by atoms with van der Waals surface area (Å²) in [6.07, 6.45) is 6.11. The molecule has 1 saturated heterocycles. The Morgan fingerprint density at radius 3 is 2.95 bits per heavy atom. The van der Waals surface area contributed by atoms with E-state index >= 15 is 0 Å². The highest BCUT2D eigenvalue weighted by Gasteiger charge is 2.17. The van der Waals surface area contributed by atoms with Gasteiger partial charge in [-0.1, -0.05) is 0 Å². The number of aromatic nitrogens is 2. The van der Waals surface area contributed by atoms with Crippen LogP contribution in [-0.2, 0) is 17.1 Å². The van der Waals surface area contributed by atoms with Gasteiger partial charge in [-0.15, -0.1) is 12.4 Å². The third-order valence-electron chi connectivity index (χ3n) is 3.24. The Bertz CT molecular complexity index is 483. The number of aryl methyl sites for hydroxylation is 1. The summed E-state index contributed by atoms with van der Waals surface area (Å²) < 4.78 is 27.9. The molecule has 6 nitrogen and oxygen atoms in total. The normalized spacial score (nSPS) is 19.9. The molecule has 1 aromatic heterocycles. The van der Waals surface area contributed by atoms with Gasteiger partial charge in [0.15, 0.2) is 0 Å². The Morgan fingerprint density at radius 2 is 2.37 bits per heavy atom. The molecule has 1 unspecified atom stereocenters. The summed E-state index contributed by atoms with van der Waals surface area (Å²) in [4.78, 5) is 0.228. The van der Waals surface area contributed by atoms with Crippen LogP contribution in [0.4, 0.5) is 0 Å². The molecule has 1 aliphatic heterocycles. The highest BCUT2D eigenvalue weighted by atomic mass is 35.5. The number of sulfonamides is 1. The molecule has 0 bridgehead atoms. The minimum absolute atomic E-state index is 0. The first-order chi connectivity index (χ1) is 8.58. The van der Waals surface area contributed by atoms with Crippen molar-refractivity contribution in [1.29, 1.82) is 0 Å². The van der Waals surface area contributed by atoms with E-state index in [9.17, 15) is 8.42 Å². The summed E-state index contributed by atoms with van der Waals surface area (Å²) in [5, 5.41) is 7.20. The first kappa shape index (κ1) is 16.4. The summed E-state index contributed by atoms with van der Waals surface area (Å²) >= 11 is 0. The van der Waals surface area contributed by atoms with Crippen molar-refractivity contribution in [1.82, 2.24) is 19.8 Å². The van der Waals surface area contributed by atoms with Crippen molar-refractivity contribution in [2.45, 2.75) is 24.2 Å². The Labute approximate surface area is 120 Å². The van der Waals surface area contributed by atoms with E-state index in [1.54, 1.807) is 7.05 Å². The standard InChI is InChI=1S/C11H20N4O2S.ClH/c1-15-9-11(8-13-15)18(16,17)14-6-4-10-3-2-5-12-7-10;/h8-10,12,14H,2-7H2,1H3;1H. The molecular weight excluding hydrogens is 288 g/mol. The van der Waals surface area contributed by atoms with E-state index in [-0.39, 0.29) is 17.3 Å². The zero-order chi connectivity index (χ0) is 13.0. The van der Waals surface area contributed by atoms with Crippen molar-refractivity contribution in [3.8, 4) is 0 Å². The fourth-order valence-corrected chi connectivity index (χ4v) is 3.22. The van der Waals surface area contributed by atoms with E-state index in [0.717, 1.165) is 19.5 Å². The van der Waals surface area contributed by atoms with Gasteiger partial charge in [-0.05, 0) is 38.3 Å². The maximum absolute atomic E-state index is 11.9. The van der Waals surface area contributed by atoms with Crippen molar-refractivity contribution in [3.05, 3.63) is 12.4 Å². The summed E-state index contributed by atoms with van der Waals surface area (Å²) in [6.45, 7) is 2.57. The van der Waals surface area contributed by atoms with Gasteiger partial charge in [0.05, 0.1) is 6.20 Å². The quantitative estimate of drug-likeness (QED) is 0.831. The number of hydrogen-bond acceptors (Lipinski definition) is 4. The van der Waals surface area contributed by atoms with Crippen LogP contribution in [0.5, 0.6) is 0 Å². The van der Waals surface area contributed by atoms with Gasteiger partial charge in [-0.25, -0.2) is 13.1 Å². The topological polar surface area (TPSA) is 76.0 Å². The predicted molar refractivity (Wildman–Crippen MR) is 75.9 cm³/mol. The Kier molecular flexibility index (Phi) is 6.25. The molecule has 0 amide bonds. The highest BCUT2D eigenvalue weighted by Crippen LogP contribution is 2.13. The van der Waals surface area contributed by atoms with Crippen molar-refractivity contribution in [3.63, 3.8) is 0 Å². The molecule has 2 heterocycles. The molecule has 1 aromatic rings. The van der Waals surface area contributed by atoms with Crippen LogP contribution in [0.15, 0.2) is 17.3 Å². The lowest BCUT2D eigenvalue weighted by Gasteiger charge is -2.22. The van der Waals surface area contributed by atoms with Crippen LogP contribution in [0.25, 0.3) is 0 Å². The number of piperidine rings is 1. The summed E-state index contributed by atoms with van der Waals surface area (Å²) in [5.41, 5.74) is 0. The van der Waals surface area contributed by atoms with Crippen LogP contribution in [0, 0.1) is 5.92 Å². The number of nitrogens with zero attached hydrogens (tertiary/aromatic N) is 2. The van der Waals surface area contributed by atoms with Crippen molar-refractivity contribution >= 4 is 22.4 Å². The lowest BCUT2D eigenvalue weighted by atomic mass is 9.96. The Morgan fingerprint density at radius 1 is 1.58 bits per heavy atom. The monoisotopic (exact) mass is 308 g/mol. The Balaban J connectivity index is 0.00000180. The molecule has 0 radical (unpaired) electrons. The molecule has 2 N–H and O–H groups in total. The van der Waals surface area contributed by atoms with E-state index < -0.39 is 10.0 Å². The summed E-state index contributed by atoms with van der Waals surface area (Å²) in [6, 6.07) is 0. The van der Waals surface area contributed by atoms with Gasteiger partial charge >= 0.3 is 0 Å². The molecule has 0 saturated carbocycles. The molecule has 0 spiro atoms. The molecule has 0 aliphatic carbocycles. The van der Waals surface area contributed by atoms with E-state index in [1.165, 1.54) is 29.9 Å². The number of halogens is 1. The first-order valence-corrected chi connectivity index (χ1v) is 7.75. The van der Waals surface area contributed by atoms with Crippen LogP contribution in [0.2, 0.25) is 0 Å². The van der Waals surface area contributed by atoms with Gasteiger partial charge in [0.2, 0.25) is 10.0 Å². The maximum Gasteiger partial charge on any atom is 0.243 e. The number of hydrogen-bond donors (Lipinski definition) is 2. The molecule has 110 valence electrons. The molecule has 0 aromatic carbocycles. The third kappa shape index (κ3) is 4.76. The summed E-state index contributed by atoms with van der Waals surface area (Å²) in [5.74, 6) is 0.579. The average Bonchev–Trinajstić information content (AvgIpc) is 2.78. The van der Waals surface area contributed by atoms with Gasteiger partial charge in [0.1, 0.15) is 4.90 Å². The van der Waals surface area contributed by atoms with Crippen LogP contribution < -0.4 is 10.0 Å². The third-order valence-corrected chi connectivity index (χ3v) is 4.65. The van der Waals surface area contributed by atoms with Crippen molar-refractivity contribution in [2.24, 2.45) is 13.0 Å². The molecule has 1 fully saturated rings. The van der Waals surface area contributed by atoms with Crippen LogP contribution in [0.1, 0.15) is 19.3 Å². The summed E-state index contributed by atoms with van der Waals surface area (Å²) in [7, 11) is -1.69. The molecule has 2 rings (SSSR count). The van der Waals surface area contributed by atoms with Gasteiger partial charge in [0.25, 0.3) is 0 Å². The fraction of sp³-hybridized carbons (Fsp3) is 0.727.